The maximum absolute atomic E-state index is 14.5. The van der Waals surface area contributed by atoms with E-state index in [4.69, 9.17) is 10.00 Å². The topological polar surface area (TPSA) is 53.3 Å². The summed E-state index contributed by atoms with van der Waals surface area (Å²) in [6.07, 6.45) is 1.16. The molecule has 1 spiro atoms. The van der Waals surface area contributed by atoms with Gasteiger partial charge in [-0.25, -0.2) is 9.18 Å². The fourth-order valence-corrected chi connectivity index (χ4v) is 4.10. The summed E-state index contributed by atoms with van der Waals surface area (Å²) in [5.74, 6) is -0.815. The van der Waals surface area contributed by atoms with Crippen LogP contribution in [0.5, 0.6) is 0 Å². The molecule has 0 amide bonds. The van der Waals surface area contributed by atoms with Crippen LogP contribution in [0.2, 0.25) is 0 Å². The first-order chi connectivity index (χ1) is 12.9. The first kappa shape index (κ1) is 17.7. The zero-order valence-electron chi connectivity index (χ0n) is 15.5. The van der Waals surface area contributed by atoms with Crippen molar-refractivity contribution >= 4 is 5.97 Å². The molecule has 4 nitrogen and oxygen atoms in total. The fourth-order valence-electron chi connectivity index (χ4n) is 4.10. The van der Waals surface area contributed by atoms with Crippen LogP contribution in [0.25, 0.3) is 11.1 Å². The SMILES string of the molecule is C[C@H](C#N)Cc1ccc(-c2ccc3c(c2)C2(CCN(C)C2)OC3=O)cc1F. The average molecular weight is 364 g/mol. The summed E-state index contributed by atoms with van der Waals surface area (Å²) in [7, 11) is 2.01. The van der Waals surface area contributed by atoms with Crippen LogP contribution in [0.15, 0.2) is 36.4 Å². The van der Waals surface area contributed by atoms with Gasteiger partial charge in [0.2, 0.25) is 0 Å². The van der Waals surface area contributed by atoms with E-state index in [2.05, 4.69) is 11.0 Å². The lowest BCUT2D eigenvalue weighted by Crippen LogP contribution is -2.29. The Kier molecular flexibility index (Phi) is 4.24. The zero-order chi connectivity index (χ0) is 19.2. The molecule has 0 saturated carbocycles. The molecular formula is C22H21FN2O2. The van der Waals surface area contributed by atoms with Crippen molar-refractivity contribution in [2.45, 2.75) is 25.4 Å². The number of likely N-dealkylation sites (tertiary alicyclic amines) is 1. The van der Waals surface area contributed by atoms with Crippen LogP contribution >= 0.6 is 0 Å². The number of hydrogen-bond donors (Lipinski definition) is 0. The second-order valence-corrected chi connectivity index (χ2v) is 7.67. The molecule has 27 heavy (non-hydrogen) atoms. The minimum Gasteiger partial charge on any atom is -0.449 e. The summed E-state index contributed by atoms with van der Waals surface area (Å²) in [5, 5.41) is 8.93. The lowest BCUT2D eigenvalue weighted by Gasteiger charge is -2.23. The monoisotopic (exact) mass is 364 g/mol. The van der Waals surface area contributed by atoms with Crippen molar-refractivity contribution in [3.05, 3.63) is 58.9 Å². The third-order valence-corrected chi connectivity index (χ3v) is 5.57. The van der Waals surface area contributed by atoms with Crippen LogP contribution in [-0.4, -0.2) is 31.0 Å². The molecule has 4 rings (SSSR count). The van der Waals surface area contributed by atoms with E-state index in [-0.39, 0.29) is 17.7 Å². The van der Waals surface area contributed by atoms with E-state index < -0.39 is 5.60 Å². The van der Waals surface area contributed by atoms with Crippen LogP contribution in [0, 0.1) is 23.1 Å². The Balaban J connectivity index is 1.71. The third kappa shape index (κ3) is 3.00. The Morgan fingerprint density at radius 3 is 2.70 bits per heavy atom. The van der Waals surface area contributed by atoms with E-state index in [0.29, 0.717) is 24.1 Å². The van der Waals surface area contributed by atoms with E-state index in [0.717, 1.165) is 29.7 Å². The maximum Gasteiger partial charge on any atom is 0.339 e. The highest BCUT2D eigenvalue weighted by molar-refractivity contribution is 5.95. The van der Waals surface area contributed by atoms with Gasteiger partial charge >= 0.3 is 5.97 Å². The number of rotatable bonds is 3. The van der Waals surface area contributed by atoms with Crippen molar-refractivity contribution in [3.63, 3.8) is 0 Å². The van der Waals surface area contributed by atoms with Crippen molar-refractivity contribution in [2.75, 3.05) is 20.1 Å². The van der Waals surface area contributed by atoms with Gasteiger partial charge in [-0.3, -0.25) is 0 Å². The van der Waals surface area contributed by atoms with Gasteiger partial charge in [-0.15, -0.1) is 0 Å². The second-order valence-electron chi connectivity index (χ2n) is 7.67. The molecule has 2 aromatic rings. The highest BCUT2D eigenvalue weighted by Crippen LogP contribution is 2.44. The number of benzene rings is 2. The molecule has 0 bridgehead atoms. The highest BCUT2D eigenvalue weighted by Gasteiger charge is 2.49. The summed E-state index contributed by atoms with van der Waals surface area (Å²) >= 11 is 0. The number of hydrogen-bond acceptors (Lipinski definition) is 4. The summed E-state index contributed by atoms with van der Waals surface area (Å²) in [6.45, 7) is 3.33. The van der Waals surface area contributed by atoms with Crippen molar-refractivity contribution in [1.29, 1.82) is 5.26 Å². The first-order valence-corrected chi connectivity index (χ1v) is 9.17. The van der Waals surface area contributed by atoms with Gasteiger partial charge in [-0.1, -0.05) is 18.2 Å². The van der Waals surface area contributed by atoms with Crippen molar-refractivity contribution < 1.29 is 13.9 Å². The molecule has 138 valence electrons. The van der Waals surface area contributed by atoms with E-state index >= 15 is 0 Å². The van der Waals surface area contributed by atoms with Crippen LogP contribution in [-0.2, 0) is 16.8 Å². The molecule has 1 unspecified atom stereocenters. The van der Waals surface area contributed by atoms with Crippen LogP contribution < -0.4 is 0 Å². The molecule has 1 fully saturated rings. The fraction of sp³-hybridized carbons (Fsp3) is 0.364. The highest BCUT2D eigenvalue weighted by atomic mass is 19.1. The molecule has 2 atom stereocenters. The molecule has 0 N–H and O–H groups in total. The van der Waals surface area contributed by atoms with Crippen molar-refractivity contribution in [1.82, 2.24) is 4.90 Å². The molecule has 0 aliphatic carbocycles. The molecule has 5 heteroatoms. The smallest absolute Gasteiger partial charge is 0.339 e. The second kappa shape index (κ2) is 6.47. The quantitative estimate of drug-likeness (QED) is 0.775. The molecule has 2 heterocycles. The van der Waals surface area contributed by atoms with E-state index in [9.17, 15) is 9.18 Å². The molecule has 0 aromatic heterocycles. The number of nitriles is 1. The van der Waals surface area contributed by atoms with Crippen molar-refractivity contribution in [2.24, 2.45) is 5.92 Å². The lowest BCUT2D eigenvalue weighted by atomic mass is 9.88. The Hall–Kier alpha value is -2.71. The van der Waals surface area contributed by atoms with Gasteiger partial charge in [0.15, 0.2) is 5.60 Å². The van der Waals surface area contributed by atoms with Crippen LogP contribution in [0.3, 0.4) is 0 Å². The molecular weight excluding hydrogens is 343 g/mol. The Morgan fingerprint density at radius 2 is 2.04 bits per heavy atom. The number of nitrogens with zero attached hydrogens (tertiary/aromatic N) is 2. The number of esters is 1. The van der Waals surface area contributed by atoms with Gasteiger partial charge in [-0.05, 0) is 55.3 Å². The van der Waals surface area contributed by atoms with Crippen molar-refractivity contribution in [3.8, 4) is 17.2 Å². The van der Waals surface area contributed by atoms with Crippen LogP contribution in [0.4, 0.5) is 4.39 Å². The van der Waals surface area contributed by atoms with Gasteiger partial charge < -0.3 is 9.64 Å². The molecule has 2 aliphatic heterocycles. The minimum absolute atomic E-state index is 0.229. The number of fused-ring (bicyclic) bond motifs is 2. The maximum atomic E-state index is 14.5. The Morgan fingerprint density at radius 1 is 1.30 bits per heavy atom. The first-order valence-electron chi connectivity index (χ1n) is 9.17. The lowest BCUT2D eigenvalue weighted by molar-refractivity contribution is -0.00223. The molecule has 0 radical (unpaired) electrons. The largest absolute Gasteiger partial charge is 0.449 e. The standard InChI is InChI=1S/C22H21FN2O2/c1-14(12-24)9-17-4-3-16(11-20(17)23)15-5-6-18-19(10-15)22(27-21(18)26)7-8-25(2)13-22/h3-6,10-11,14H,7-9,13H2,1-2H3/t14-,22?/m0/s1. The number of carbonyl (C=O) groups is 1. The predicted octanol–water partition coefficient (Wildman–Crippen LogP) is 3.90. The summed E-state index contributed by atoms with van der Waals surface area (Å²) in [6, 6.07) is 12.8. The molecule has 2 aromatic carbocycles. The minimum atomic E-state index is -0.585. The normalized spacial score (nSPS) is 22.5. The van der Waals surface area contributed by atoms with Gasteiger partial charge in [0.05, 0.1) is 11.6 Å². The van der Waals surface area contributed by atoms with Gasteiger partial charge in [0, 0.05) is 31.0 Å². The van der Waals surface area contributed by atoms with Gasteiger partial charge in [0.1, 0.15) is 5.82 Å². The number of halogens is 1. The molecule has 2 aliphatic rings. The zero-order valence-corrected chi connectivity index (χ0v) is 15.5. The third-order valence-electron chi connectivity index (χ3n) is 5.57. The number of likely N-dealkylation sites (N-methyl/N-ethyl adjacent to an activating group) is 1. The summed E-state index contributed by atoms with van der Waals surface area (Å²) in [5.41, 5.74) is 3.08. The van der Waals surface area contributed by atoms with Gasteiger partial charge in [-0.2, -0.15) is 5.26 Å². The summed E-state index contributed by atoms with van der Waals surface area (Å²) in [4.78, 5) is 14.4. The van der Waals surface area contributed by atoms with E-state index in [1.54, 1.807) is 19.1 Å². The van der Waals surface area contributed by atoms with E-state index in [1.807, 2.05) is 25.2 Å². The van der Waals surface area contributed by atoms with E-state index in [1.165, 1.54) is 6.07 Å². The molecule has 1 saturated heterocycles. The number of carbonyl (C=O) groups excluding carboxylic acids is 1. The Labute approximate surface area is 158 Å². The van der Waals surface area contributed by atoms with Crippen LogP contribution in [0.1, 0.15) is 34.8 Å². The predicted molar refractivity (Wildman–Crippen MR) is 99.5 cm³/mol. The Bertz CT molecular complexity index is 965. The summed E-state index contributed by atoms with van der Waals surface area (Å²) < 4.78 is 20.3. The number of ether oxygens (including phenoxy) is 1. The average Bonchev–Trinajstić information content (AvgIpc) is 3.16. The van der Waals surface area contributed by atoms with Gasteiger partial charge in [0.25, 0.3) is 0 Å².